The summed E-state index contributed by atoms with van der Waals surface area (Å²) in [5, 5.41) is 11.6. The van der Waals surface area contributed by atoms with Crippen molar-refractivity contribution in [2.75, 3.05) is 13.2 Å². The molecule has 0 fully saturated rings. The number of carbonyl (C=O) groups is 1. The zero-order valence-corrected chi connectivity index (χ0v) is 16.0. The van der Waals surface area contributed by atoms with Gasteiger partial charge in [-0.05, 0) is 49.4 Å². The average molecular weight is 388 g/mol. The van der Waals surface area contributed by atoms with Crippen LogP contribution in [0.3, 0.4) is 0 Å². The minimum absolute atomic E-state index is 0.204. The number of nitrogens with zero attached hydrogens (tertiary/aromatic N) is 3. The van der Waals surface area contributed by atoms with E-state index in [1.165, 1.54) is 23.0 Å². The molecule has 0 atom stereocenters. The van der Waals surface area contributed by atoms with Crippen LogP contribution >= 0.6 is 0 Å². The van der Waals surface area contributed by atoms with Gasteiger partial charge in [-0.25, -0.2) is 4.98 Å². The second kappa shape index (κ2) is 9.33. The highest BCUT2D eigenvalue weighted by molar-refractivity contribution is 5.94. The number of rotatable bonds is 7. The van der Waals surface area contributed by atoms with Gasteiger partial charge < -0.3 is 10.1 Å². The number of nitrogens with one attached hydrogen (secondary N) is 1. The van der Waals surface area contributed by atoms with Crippen LogP contribution in [0.4, 0.5) is 0 Å². The zero-order chi connectivity index (χ0) is 20.6. The topological polar surface area (TPSA) is 97.0 Å². The van der Waals surface area contributed by atoms with Crippen molar-refractivity contribution >= 4 is 5.91 Å². The molecule has 0 aliphatic rings. The summed E-state index contributed by atoms with van der Waals surface area (Å²) in [6.07, 6.45) is 1.47. The summed E-state index contributed by atoms with van der Waals surface area (Å²) in [5.74, 6) is 0.467. The van der Waals surface area contributed by atoms with Crippen molar-refractivity contribution in [3.8, 4) is 23.1 Å². The molecule has 0 radical (unpaired) electrons. The average Bonchev–Trinajstić information content (AvgIpc) is 2.75. The molecule has 0 unspecified atom stereocenters. The van der Waals surface area contributed by atoms with Gasteiger partial charge in [0.1, 0.15) is 5.75 Å². The quantitative estimate of drug-likeness (QED) is 0.671. The second-order valence-corrected chi connectivity index (χ2v) is 6.21. The van der Waals surface area contributed by atoms with E-state index in [0.717, 1.165) is 11.3 Å². The summed E-state index contributed by atoms with van der Waals surface area (Å²) >= 11 is 0. The van der Waals surface area contributed by atoms with Crippen LogP contribution < -0.4 is 15.6 Å². The Hall–Kier alpha value is -3.92. The van der Waals surface area contributed by atoms with Crippen LogP contribution in [-0.2, 0) is 6.54 Å². The van der Waals surface area contributed by atoms with Crippen LogP contribution in [0.25, 0.3) is 11.3 Å². The first kappa shape index (κ1) is 19.8. The van der Waals surface area contributed by atoms with Gasteiger partial charge in [0.05, 0.1) is 30.3 Å². The highest BCUT2D eigenvalue weighted by Crippen LogP contribution is 2.19. The first-order valence-electron chi connectivity index (χ1n) is 9.19. The van der Waals surface area contributed by atoms with E-state index in [2.05, 4.69) is 10.3 Å². The number of ether oxygens (including phenoxy) is 1. The van der Waals surface area contributed by atoms with E-state index in [9.17, 15) is 9.59 Å². The molecule has 2 aromatic carbocycles. The molecular formula is C22H20N4O3. The highest BCUT2D eigenvalue weighted by atomic mass is 16.5. The highest BCUT2D eigenvalue weighted by Gasteiger charge is 2.07. The van der Waals surface area contributed by atoms with Crippen LogP contribution in [-0.4, -0.2) is 28.6 Å². The van der Waals surface area contributed by atoms with Gasteiger partial charge >= 0.3 is 0 Å². The molecule has 0 bridgehead atoms. The third-order valence-corrected chi connectivity index (χ3v) is 4.23. The lowest BCUT2D eigenvalue weighted by Crippen LogP contribution is -2.30. The van der Waals surface area contributed by atoms with E-state index in [-0.39, 0.29) is 18.0 Å². The first-order valence-corrected chi connectivity index (χ1v) is 9.19. The predicted molar refractivity (Wildman–Crippen MR) is 109 cm³/mol. The van der Waals surface area contributed by atoms with Gasteiger partial charge in [0, 0.05) is 30.3 Å². The monoisotopic (exact) mass is 388 g/mol. The van der Waals surface area contributed by atoms with E-state index >= 15 is 0 Å². The molecule has 3 aromatic rings. The lowest BCUT2D eigenvalue weighted by atomic mass is 10.1. The molecular weight excluding hydrogens is 368 g/mol. The van der Waals surface area contributed by atoms with Crippen LogP contribution in [0.15, 0.2) is 65.7 Å². The number of carbonyl (C=O) groups excluding carboxylic acids is 1. The Morgan fingerprint density at radius 3 is 2.69 bits per heavy atom. The number of hydrogen-bond donors (Lipinski definition) is 1. The molecule has 7 heteroatoms. The molecule has 1 aromatic heterocycles. The van der Waals surface area contributed by atoms with E-state index < -0.39 is 0 Å². The Morgan fingerprint density at radius 1 is 1.21 bits per heavy atom. The van der Waals surface area contributed by atoms with Crippen molar-refractivity contribution in [1.29, 1.82) is 5.26 Å². The third-order valence-electron chi connectivity index (χ3n) is 4.23. The molecule has 146 valence electrons. The number of aromatic nitrogens is 2. The number of benzene rings is 2. The molecule has 0 spiro atoms. The molecule has 0 aliphatic heterocycles. The van der Waals surface area contributed by atoms with Crippen LogP contribution in [0.2, 0.25) is 0 Å². The largest absolute Gasteiger partial charge is 0.494 e. The second-order valence-electron chi connectivity index (χ2n) is 6.21. The van der Waals surface area contributed by atoms with Crippen molar-refractivity contribution in [3.05, 3.63) is 82.4 Å². The summed E-state index contributed by atoms with van der Waals surface area (Å²) in [7, 11) is 0. The Kier molecular flexibility index (Phi) is 6.38. The van der Waals surface area contributed by atoms with Crippen molar-refractivity contribution in [2.24, 2.45) is 0 Å². The Bertz CT molecular complexity index is 1100. The molecule has 3 rings (SSSR count). The van der Waals surface area contributed by atoms with Gasteiger partial charge in [0.2, 0.25) is 0 Å². The maximum Gasteiger partial charge on any atom is 0.253 e. The fourth-order valence-electron chi connectivity index (χ4n) is 2.76. The molecule has 1 N–H and O–H groups in total. The standard InChI is InChI=1S/C22H20N4O3/c1-2-29-19-8-6-17(7-9-19)20-13-21(27)26(15-25-20)11-10-24-22(28)18-5-3-4-16(12-18)14-23/h3-9,12-13,15H,2,10-11H2,1H3,(H,24,28). The van der Waals surface area contributed by atoms with Crippen molar-refractivity contribution in [1.82, 2.24) is 14.9 Å². The van der Waals surface area contributed by atoms with Gasteiger partial charge in [-0.3, -0.25) is 14.2 Å². The molecule has 29 heavy (non-hydrogen) atoms. The Morgan fingerprint density at radius 2 is 2.00 bits per heavy atom. The zero-order valence-electron chi connectivity index (χ0n) is 16.0. The summed E-state index contributed by atoms with van der Waals surface area (Å²) in [4.78, 5) is 28.9. The fourth-order valence-corrected chi connectivity index (χ4v) is 2.76. The molecule has 0 saturated heterocycles. The van der Waals surface area contributed by atoms with E-state index in [1.807, 2.05) is 37.3 Å². The van der Waals surface area contributed by atoms with Crippen molar-refractivity contribution in [2.45, 2.75) is 13.5 Å². The predicted octanol–water partition coefficient (Wildman–Crippen LogP) is 2.61. The number of nitriles is 1. The Labute approximate surface area is 168 Å². The first-order chi connectivity index (χ1) is 14.1. The van der Waals surface area contributed by atoms with Gasteiger partial charge in [-0.1, -0.05) is 6.07 Å². The van der Waals surface area contributed by atoms with Crippen molar-refractivity contribution in [3.63, 3.8) is 0 Å². The van der Waals surface area contributed by atoms with Crippen molar-refractivity contribution < 1.29 is 9.53 Å². The van der Waals surface area contributed by atoms with Gasteiger partial charge in [-0.15, -0.1) is 0 Å². The van der Waals surface area contributed by atoms with Crippen LogP contribution in [0, 0.1) is 11.3 Å². The van der Waals surface area contributed by atoms with E-state index in [1.54, 1.807) is 18.2 Å². The maximum atomic E-state index is 12.4. The summed E-state index contributed by atoms with van der Waals surface area (Å²) < 4.78 is 6.85. The molecule has 1 amide bonds. The van der Waals surface area contributed by atoms with E-state index in [0.29, 0.717) is 30.0 Å². The molecule has 7 nitrogen and oxygen atoms in total. The normalized spacial score (nSPS) is 10.2. The fraction of sp³-hybridized carbons (Fsp3) is 0.182. The van der Waals surface area contributed by atoms with Gasteiger partial charge in [-0.2, -0.15) is 5.26 Å². The Balaban J connectivity index is 1.61. The summed E-state index contributed by atoms with van der Waals surface area (Å²) in [6, 6.07) is 17.3. The van der Waals surface area contributed by atoms with Gasteiger partial charge in [0.25, 0.3) is 11.5 Å². The minimum atomic E-state index is -0.297. The van der Waals surface area contributed by atoms with Crippen LogP contribution in [0.5, 0.6) is 5.75 Å². The van der Waals surface area contributed by atoms with Gasteiger partial charge in [0.15, 0.2) is 0 Å². The number of hydrogen-bond acceptors (Lipinski definition) is 5. The maximum absolute atomic E-state index is 12.4. The number of amides is 1. The smallest absolute Gasteiger partial charge is 0.253 e. The third kappa shape index (κ3) is 5.08. The summed E-state index contributed by atoms with van der Waals surface area (Å²) in [5.41, 5.74) is 2.02. The molecule has 0 saturated carbocycles. The molecule has 1 heterocycles. The SMILES string of the molecule is CCOc1ccc(-c2cc(=O)n(CCNC(=O)c3cccc(C#N)c3)cn2)cc1. The van der Waals surface area contributed by atoms with E-state index in [4.69, 9.17) is 10.00 Å². The molecule has 0 aliphatic carbocycles. The lowest BCUT2D eigenvalue weighted by molar-refractivity contribution is 0.0952. The minimum Gasteiger partial charge on any atom is -0.494 e. The summed E-state index contributed by atoms with van der Waals surface area (Å²) in [6.45, 7) is 3.06. The van der Waals surface area contributed by atoms with Crippen LogP contribution in [0.1, 0.15) is 22.8 Å². The lowest BCUT2D eigenvalue weighted by Gasteiger charge is -2.09.